The highest BCUT2D eigenvalue weighted by Crippen LogP contribution is 2.36. The van der Waals surface area contributed by atoms with Gasteiger partial charge in [-0.15, -0.1) is 0 Å². The van der Waals surface area contributed by atoms with Gasteiger partial charge in [-0.2, -0.15) is 0 Å². The molecule has 0 radical (unpaired) electrons. The average molecular weight is 380 g/mol. The van der Waals surface area contributed by atoms with E-state index >= 15 is 0 Å². The molecule has 0 bridgehead atoms. The Hall–Kier alpha value is -3.56. The predicted octanol–water partition coefficient (Wildman–Crippen LogP) is 5.75. The number of anilines is 2. The summed E-state index contributed by atoms with van der Waals surface area (Å²) in [6.45, 7) is 0. The van der Waals surface area contributed by atoms with E-state index in [0.717, 1.165) is 22.3 Å². The molecule has 2 atom stereocenters. The van der Waals surface area contributed by atoms with Crippen LogP contribution in [0, 0.1) is 0 Å². The number of nitrogen functional groups attached to an aromatic ring is 2. The molecule has 4 N–H and O–H groups in total. The van der Waals surface area contributed by atoms with Gasteiger partial charge in [0.1, 0.15) is 12.2 Å². The maximum Gasteiger partial charge on any atom is 0.109 e. The number of benzene rings is 4. The van der Waals surface area contributed by atoms with E-state index in [-0.39, 0.29) is 12.2 Å². The summed E-state index contributed by atoms with van der Waals surface area (Å²) in [6.07, 6.45) is -0.544. The van der Waals surface area contributed by atoms with Gasteiger partial charge in [-0.3, -0.25) is 0 Å². The van der Waals surface area contributed by atoms with Crippen LogP contribution in [0.15, 0.2) is 109 Å². The van der Waals surface area contributed by atoms with Crippen molar-refractivity contribution < 1.29 is 4.74 Å². The van der Waals surface area contributed by atoms with Gasteiger partial charge in [0.2, 0.25) is 0 Å². The van der Waals surface area contributed by atoms with Gasteiger partial charge in [0, 0.05) is 11.4 Å². The van der Waals surface area contributed by atoms with Crippen LogP contribution in [0.2, 0.25) is 0 Å². The molecular formula is C26H24N2O. The van der Waals surface area contributed by atoms with E-state index in [2.05, 4.69) is 36.4 Å². The zero-order valence-corrected chi connectivity index (χ0v) is 16.1. The quantitative estimate of drug-likeness (QED) is 0.419. The summed E-state index contributed by atoms with van der Waals surface area (Å²) >= 11 is 0. The first-order valence-corrected chi connectivity index (χ1v) is 9.67. The molecule has 0 spiro atoms. The molecule has 0 saturated heterocycles. The molecule has 4 rings (SSSR count). The van der Waals surface area contributed by atoms with E-state index < -0.39 is 0 Å². The van der Waals surface area contributed by atoms with Crippen LogP contribution in [0.1, 0.15) is 34.5 Å². The Balaban J connectivity index is 1.80. The summed E-state index contributed by atoms with van der Waals surface area (Å²) in [5.41, 5.74) is 17.8. The monoisotopic (exact) mass is 380 g/mol. The highest BCUT2D eigenvalue weighted by Gasteiger charge is 2.23. The lowest BCUT2D eigenvalue weighted by Gasteiger charge is -2.27. The Morgan fingerprint density at radius 3 is 1.21 bits per heavy atom. The summed E-state index contributed by atoms with van der Waals surface area (Å²) in [4.78, 5) is 0. The van der Waals surface area contributed by atoms with Crippen molar-refractivity contribution in [2.45, 2.75) is 12.2 Å². The molecule has 0 saturated carbocycles. The van der Waals surface area contributed by atoms with Gasteiger partial charge in [0.15, 0.2) is 0 Å². The number of rotatable bonds is 6. The number of hydrogen-bond acceptors (Lipinski definition) is 3. The molecule has 0 aliphatic rings. The van der Waals surface area contributed by atoms with Crippen molar-refractivity contribution in [1.29, 1.82) is 0 Å². The first-order chi connectivity index (χ1) is 14.2. The topological polar surface area (TPSA) is 61.3 Å². The molecule has 29 heavy (non-hydrogen) atoms. The Morgan fingerprint density at radius 2 is 0.828 bits per heavy atom. The standard InChI is InChI=1S/C26H24N2O/c27-23-15-7-13-21(17-23)25(19-9-3-1-4-10-19)29-26(20-11-5-2-6-12-20)22-14-8-16-24(28)18-22/h1-18,25-26H,27-28H2. The fourth-order valence-corrected chi connectivity index (χ4v) is 3.54. The minimum absolute atomic E-state index is 0.272. The molecule has 0 aliphatic carbocycles. The molecular weight excluding hydrogens is 356 g/mol. The summed E-state index contributed by atoms with van der Waals surface area (Å²) < 4.78 is 6.79. The molecule has 144 valence electrons. The van der Waals surface area contributed by atoms with Crippen LogP contribution in [-0.4, -0.2) is 0 Å². The molecule has 0 fully saturated rings. The third-order valence-corrected chi connectivity index (χ3v) is 4.90. The van der Waals surface area contributed by atoms with Gasteiger partial charge in [-0.05, 0) is 46.5 Å². The van der Waals surface area contributed by atoms with Gasteiger partial charge in [0.05, 0.1) is 0 Å². The van der Waals surface area contributed by atoms with E-state index in [1.165, 1.54) is 0 Å². The van der Waals surface area contributed by atoms with Gasteiger partial charge >= 0.3 is 0 Å². The second-order valence-electron chi connectivity index (χ2n) is 7.06. The predicted molar refractivity (Wildman–Crippen MR) is 119 cm³/mol. The molecule has 2 unspecified atom stereocenters. The van der Waals surface area contributed by atoms with Crippen molar-refractivity contribution in [3.63, 3.8) is 0 Å². The third kappa shape index (κ3) is 4.48. The minimum atomic E-state index is -0.272. The van der Waals surface area contributed by atoms with E-state index in [9.17, 15) is 0 Å². The lowest BCUT2D eigenvalue weighted by molar-refractivity contribution is 0.0309. The van der Waals surface area contributed by atoms with Gasteiger partial charge in [-0.25, -0.2) is 0 Å². The summed E-state index contributed by atoms with van der Waals surface area (Å²) in [7, 11) is 0. The fourth-order valence-electron chi connectivity index (χ4n) is 3.54. The molecule has 4 aromatic carbocycles. The second kappa shape index (κ2) is 8.63. The normalized spacial score (nSPS) is 13.0. The highest BCUT2D eigenvalue weighted by atomic mass is 16.5. The Kier molecular flexibility index (Phi) is 5.59. The van der Waals surface area contributed by atoms with E-state index in [1.807, 2.05) is 72.8 Å². The zero-order valence-electron chi connectivity index (χ0n) is 16.1. The van der Waals surface area contributed by atoms with Crippen molar-refractivity contribution in [3.8, 4) is 0 Å². The third-order valence-electron chi connectivity index (χ3n) is 4.90. The van der Waals surface area contributed by atoms with E-state index in [4.69, 9.17) is 16.2 Å². The van der Waals surface area contributed by atoms with Crippen LogP contribution in [0.4, 0.5) is 11.4 Å². The van der Waals surface area contributed by atoms with Crippen LogP contribution in [0.25, 0.3) is 0 Å². The summed E-state index contributed by atoms with van der Waals surface area (Å²) in [5, 5.41) is 0. The molecule has 3 heteroatoms. The molecule has 3 nitrogen and oxygen atoms in total. The van der Waals surface area contributed by atoms with Crippen molar-refractivity contribution in [1.82, 2.24) is 0 Å². The van der Waals surface area contributed by atoms with E-state index in [1.54, 1.807) is 0 Å². The van der Waals surface area contributed by atoms with Crippen LogP contribution < -0.4 is 11.5 Å². The summed E-state index contributed by atoms with van der Waals surface area (Å²) in [6, 6.07) is 36.2. The van der Waals surface area contributed by atoms with Crippen LogP contribution in [-0.2, 0) is 4.74 Å². The lowest BCUT2D eigenvalue weighted by Crippen LogP contribution is -2.13. The second-order valence-corrected chi connectivity index (χ2v) is 7.06. The molecule has 4 aromatic rings. The highest BCUT2D eigenvalue weighted by molar-refractivity contribution is 5.46. The summed E-state index contributed by atoms with van der Waals surface area (Å²) in [5.74, 6) is 0. The van der Waals surface area contributed by atoms with Gasteiger partial charge in [0.25, 0.3) is 0 Å². The van der Waals surface area contributed by atoms with Crippen molar-refractivity contribution in [3.05, 3.63) is 131 Å². The average Bonchev–Trinajstić information content (AvgIpc) is 2.76. The van der Waals surface area contributed by atoms with Crippen molar-refractivity contribution >= 4 is 11.4 Å². The van der Waals surface area contributed by atoms with E-state index in [0.29, 0.717) is 11.4 Å². The maximum absolute atomic E-state index is 6.79. The largest absolute Gasteiger partial charge is 0.399 e. The molecule has 0 heterocycles. The Bertz CT molecular complexity index is 977. The molecule has 0 amide bonds. The zero-order chi connectivity index (χ0) is 20.1. The van der Waals surface area contributed by atoms with Crippen LogP contribution in [0.5, 0.6) is 0 Å². The number of hydrogen-bond donors (Lipinski definition) is 2. The number of ether oxygens (including phenoxy) is 1. The maximum atomic E-state index is 6.79. The van der Waals surface area contributed by atoms with Crippen molar-refractivity contribution in [2.75, 3.05) is 11.5 Å². The van der Waals surface area contributed by atoms with Gasteiger partial charge < -0.3 is 16.2 Å². The van der Waals surface area contributed by atoms with Gasteiger partial charge in [-0.1, -0.05) is 84.9 Å². The Labute approximate surface area is 171 Å². The SMILES string of the molecule is Nc1cccc(C(OC(c2ccccc2)c2cccc(N)c2)c2ccccc2)c1. The number of nitrogens with two attached hydrogens (primary N) is 2. The molecule has 0 aromatic heterocycles. The molecule has 0 aliphatic heterocycles. The smallest absolute Gasteiger partial charge is 0.109 e. The lowest BCUT2D eigenvalue weighted by atomic mass is 9.97. The Morgan fingerprint density at radius 1 is 0.448 bits per heavy atom. The first kappa shape index (κ1) is 18.8. The minimum Gasteiger partial charge on any atom is -0.399 e. The first-order valence-electron chi connectivity index (χ1n) is 9.67. The van der Waals surface area contributed by atoms with Crippen LogP contribution in [0.3, 0.4) is 0 Å². The van der Waals surface area contributed by atoms with Crippen LogP contribution >= 0.6 is 0 Å². The fraction of sp³-hybridized carbons (Fsp3) is 0.0769. The van der Waals surface area contributed by atoms with Crippen molar-refractivity contribution in [2.24, 2.45) is 0 Å².